The number of piperazine rings is 1. The second kappa shape index (κ2) is 11.6. The number of benzene rings is 3. The van der Waals surface area contributed by atoms with E-state index in [9.17, 15) is 0 Å². The summed E-state index contributed by atoms with van der Waals surface area (Å²) in [6, 6.07) is 22.3. The van der Waals surface area contributed by atoms with Gasteiger partial charge in [0.2, 0.25) is 0 Å². The van der Waals surface area contributed by atoms with Gasteiger partial charge < -0.3 is 0 Å². The zero-order valence-corrected chi connectivity index (χ0v) is 22.6. The fourth-order valence-corrected chi connectivity index (χ4v) is 5.28. The molecule has 1 saturated heterocycles. The van der Waals surface area contributed by atoms with Gasteiger partial charge in [0.05, 0.1) is 21.8 Å². The summed E-state index contributed by atoms with van der Waals surface area (Å²) in [6.45, 7) is 8.74. The molecule has 8 heteroatoms. The molecule has 0 N–H and O–H groups in total. The molecule has 3 aromatic carbocycles. The Morgan fingerprint density at radius 1 is 0.865 bits per heavy atom. The van der Waals surface area contributed by atoms with Gasteiger partial charge in [-0.25, -0.2) is 0 Å². The molecular formula is C29H30Cl2N6. The van der Waals surface area contributed by atoms with Gasteiger partial charge in [-0.15, -0.1) is 5.10 Å². The van der Waals surface area contributed by atoms with Crippen molar-refractivity contribution in [3.05, 3.63) is 111 Å². The Balaban J connectivity index is 1.41. The van der Waals surface area contributed by atoms with Gasteiger partial charge in [0.1, 0.15) is 0 Å². The quantitative estimate of drug-likeness (QED) is 0.292. The average molecular weight is 534 g/mol. The molecule has 0 amide bonds. The van der Waals surface area contributed by atoms with E-state index in [-0.39, 0.29) is 6.04 Å². The van der Waals surface area contributed by atoms with E-state index in [2.05, 4.69) is 93.8 Å². The largest absolute Gasteiger partial charge is 0.297 e. The van der Waals surface area contributed by atoms with Gasteiger partial charge in [-0.1, -0.05) is 90.0 Å². The van der Waals surface area contributed by atoms with Crippen molar-refractivity contribution in [2.75, 3.05) is 32.7 Å². The van der Waals surface area contributed by atoms with Crippen molar-refractivity contribution in [3.8, 4) is 5.69 Å². The van der Waals surface area contributed by atoms with Crippen LogP contribution in [0.1, 0.15) is 34.1 Å². The van der Waals surface area contributed by atoms with E-state index in [0.717, 1.165) is 60.9 Å². The first-order chi connectivity index (χ1) is 18.0. The highest BCUT2D eigenvalue weighted by Crippen LogP contribution is 2.34. The lowest BCUT2D eigenvalue weighted by atomic mass is 10.0. The molecule has 5 rings (SSSR count). The van der Waals surface area contributed by atoms with Crippen LogP contribution >= 0.6 is 23.2 Å². The van der Waals surface area contributed by atoms with E-state index >= 15 is 0 Å². The molecule has 4 aromatic rings. The molecule has 1 fully saturated rings. The molecule has 6 nitrogen and oxygen atoms in total. The van der Waals surface area contributed by atoms with Crippen molar-refractivity contribution < 1.29 is 0 Å². The van der Waals surface area contributed by atoms with E-state index < -0.39 is 0 Å². The Kier molecular flexibility index (Phi) is 8.01. The Morgan fingerprint density at radius 2 is 1.59 bits per heavy atom. The number of rotatable bonds is 7. The van der Waals surface area contributed by atoms with Crippen LogP contribution in [0.15, 0.2) is 72.8 Å². The summed E-state index contributed by atoms with van der Waals surface area (Å²) < 4.78 is 1.88. The van der Waals surface area contributed by atoms with Crippen LogP contribution in [0.2, 0.25) is 10.0 Å². The smallest absolute Gasteiger partial charge is 0.178 e. The molecule has 0 bridgehead atoms. The van der Waals surface area contributed by atoms with Crippen molar-refractivity contribution in [2.45, 2.75) is 19.9 Å². The Bertz CT molecular complexity index is 1360. The van der Waals surface area contributed by atoms with E-state index in [1.807, 2.05) is 28.9 Å². The number of hydrogen-bond acceptors (Lipinski definition) is 5. The fourth-order valence-electron chi connectivity index (χ4n) is 4.98. The lowest BCUT2D eigenvalue weighted by Crippen LogP contribution is -2.48. The highest BCUT2D eigenvalue weighted by molar-refractivity contribution is 6.42. The first-order valence-electron chi connectivity index (χ1n) is 12.5. The topological polar surface area (TPSA) is 50.1 Å². The Hall–Kier alpha value is -3.03. The Labute approximate surface area is 228 Å². The van der Waals surface area contributed by atoms with Gasteiger partial charge in [0.15, 0.2) is 5.82 Å². The number of para-hydroxylation sites is 1. The van der Waals surface area contributed by atoms with Crippen LogP contribution in [0, 0.1) is 13.8 Å². The third kappa shape index (κ3) is 5.78. The van der Waals surface area contributed by atoms with E-state index in [0.29, 0.717) is 10.0 Å². The molecule has 0 saturated carbocycles. The standard InChI is InChI=1S/C29H30Cl2N6/c1-21-8-6-9-22(2)27(21)37-29(32-33-34-37)28(24-13-14-25(30)26(31)20-24)36-18-16-35(17-19-36)15-7-12-23-10-4-3-5-11-23/h3-14,20,28H,15-19H2,1-2H3/t28-/m0/s1. The lowest BCUT2D eigenvalue weighted by molar-refractivity contribution is 0.113. The highest BCUT2D eigenvalue weighted by atomic mass is 35.5. The Morgan fingerprint density at radius 3 is 2.30 bits per heavy atom. The summed E-state index contributed by atoms with van der Waals surface area (Å²) in [4.78, 5) is 4.91. The first kappa shape index (κ1) is 25.6. The van der Waals surface area contributed by atoms with Crippen LogP contribution in [0.25, 0.3) is 11.8 Å². The van der Waals surface area contributed by atoms with Gasteiger partial charge in [-0.05, 0) is 58.7 Å². The molecule has 190 valence electrons. The molecule has 0 radical (unpaired) electrons. The SMILES string of the molecule is Cc1cccc(C)c1-n1nnnc1[C@H](c1ccc(Cl)c(Cl)c1)N1CCN(CC=Cc2ccccc2)CC1. The summed E-state index contributed by atoms with van der Waals surface area (Å²) in [7, 11) is 0. The number of aromatic nitrogens is 4. The maximum Gasteiger partial charge on any atom is 0.178 e. The van der Waals surface area contributed by atoms with Gasteiger partial charge >= 0.3 is 0 Å². The second-order valence-corrected chi connectivity index (χ2v) is 10.2. The maximum absolute atomic E-state index is 6.47. The predicted octanol–water partition coefficient (Wildman–Crippen LogP) is 6.01. The number of tetrazole rings is 1. The minimum Gasteiger partial charge on any atom is -0.297 e. The zero-order chi connectivity index (χ0) is 25.8. The van der Waals surface area contributed by atoms with Gasteiger partial charge in [0.25, 0.3) is 0 Å². The van der Waals surface area contributed by atoms with Crippen molar-refractivity contribution in [3.63, 3.8) is 0 Å². The van der Waals surface area contributed by atoms with Gasteiger partial charge in [-0.2, -0.15) is 4.68 Å². The normalized spacial score (nSPS) is 15.9. The molecule has 1 aromatic heterocycles. The summed E-state index contributed by atoms with van der Waals surface area (Å²) in [5.41, 5.74) is 5.50. The van der Waals surface area contributed by atoms with Gasteiger partial charge in [0, 0.05) is 32.7 Å². The molecular weight excluding hydrogens is 503 g/mol. The fraction of sp³-hybridized carbons (Fsp3) is 0.276. The summed E-state index contributed by atoms with van der Waals surface area (Å²) in [6.07, 6.45) is 4.42. The monoisotopic (exact) mass is 532 g/mol. The lowest BCUT2D eigenvalue weighted by Gasteiger charge is -2.38. The van der Waals surface area contributed by atoms with Crippen LogP contribution in [-0.4, -0.2) is 62.7 Å². The van der Waals surface area contributed by atoms with Crippen LogP contribution in [0.5, 0.6) is 0 Å². The van der Waals surface area contributed by atoms with Crippen LogP contribution in [-0.2, 0) is 0 Å². The van der Waals surface area contributed by atoms with Crippen molar-refractivity contribution in [1.29, 1.82) is 0 Å². The third-order valence-electron chi connectivity index (χ3n) is 6.89. The van der Waals surface area contributed by atoms with Crippen LogP contribution < -0.4 is 0 Å². The zero-order valence-electron chi connectivity index (χ0n) is 21.1. The molecule has 0 aliphatic carbocycles. The van der Waals surface area contributed by atoms with Crippen LogP contribution in [0.4, 0.5) is 0 Å². The highest BCUT2D eigenvalue weighted by Gasteiger charge is 2.31. The summed E-state index contributed by atoms with van der Waals surface area (Å²) in [5.74, 6) is 0.771. The van der Waals surface area contributed by atoms with E-state index in [4.69, 9.17) is 23.2 Å². The van der Waals surface area contributed by atoms with E-state index in [1.165, 1.54) is 5.56 Å². The molecule has 1 aliphatic rings. The van der Waals surface area contributed by atoms with Crippen LogP contribution in [0.3, 0.4) is 0 Å². The van der Waals surface area contributed by atoms with Crippen molar-refractivity contribution in [1.82, 2.24) is 30.0 Å². The van der Waals surface area contributed by atoms with Gasteiger partial charge in [-0.3, -0.25) is 9.80 Å². The molecule has 0 spiro atoms. The summed E-state index contributed by atoms with van der Waals surface area (Å²) >= 11 is 12.7. The maximum atomic E-state index is 6.47. The minimum atomic E-state index is -0.161. The molecule has 0 unspecified atom stereocenters. The number of nitrogens with zero attached hydrogens (tertiary/aromatic N) is 6. The molecule has 1 atom stereocenters. The van der Waals surface area contributed by atoms with Crippen molar-refractivity contribution >= 4 is 29.3 Å². The van der Waals surface area contributed by atoms with E-state index in [1.54, 1.807) is 0 Å². The molecule has 37 heavy (non-hydrogen) atoms. The number of aryl methyl sites for hydroxylation is 2. The first-order valence-corrected chi connectivity index (χ1v) is 13.2. The summed E-state index contributed by atoms with van der Waals surface area (Å²) in [5, 5.41) is 14.1. The predicted molar refractivity (Wildman–Crippen MR) is 150 cm³/mol. The average Bonchev–Trinajstić information content (AvgIpc) is 3.36. The number of hydrogen-bond donors (Lipinski definition) is 0. The number of halogens is 2. The minimum absolute atomic E-state index is 0.161. The molecule has 1 aliphatic heterocycles. The second-order valence-electron chi connectivity index (χ2n) is 9.42. The molecule has 2 heterocycles. The third-order valence-corrected chi connectivity index (χ3v) is 7.63. The van der Waals surface area contributed by atoms with Crippen molar-refractivity contribution in [2.24, 2.45) is 0 Å².